The first-order valence-corrected chi connectivity index (χ1v) is 11.2. The molecular formula is C25H30F6N4O. The normalized spacial score (nSPS) is 13.6. The van der Waals surface area contributed by atoms with Crippen LogP contribution in [0.2, 0.25) is 0 Å². The van der Waals surface area contributed by atoms with Gasteiger partial charge in [-0.2, -0.15) is 26.3 Å². The van der Waals surface area contributed by atoms with Gasteiger partial charge in [0.15, 0.2) is 0 Å². The Kier molecular flexibility index (Phi) is 10.1. The Balaban J connectivity index is 0.000000425. The van der Waals surface area contributed by atoms with E-state index >= 15 is 0 Å². The van der Waals surface area contributed by atoms with Gasteiger partial charge in [0.25, 0.3) is 0 Å². The van der Waals surface area contributed by atoms with Gasteiger partial charge in [-0.25, -0.2) is 4.98 Å². The fraction of sp³-hybridized carbons (Fsp3) is 0.400. The van der Waals surface area contributed by atoms with Crippen LogP contribution in [0.5, 0.6) is 0 Å². The number of aryl methyl sites for hydroxylation is 1. The van der Waals surface area contributed by atoms with Crippen molar-refractivity contribution in [2.45, 2.75) is 44.8 Å². The summed E-state index contributed by atoms with van der Waals surface area (Å²) in [6.45, 7) is 3.97. The quantitative estimate of drug-likeness (QED) is 0.304. The van der Waals surface area contributed by atoms with Gasteiger partial charge >= 0.3 is 12.4 Å². The Labute approximate surface area is 205 Å². The lowest BCUT2D eigenvalue weighted by atomic mass is 9.98. The average molecular weight is 517 g/mol. The van der Waals surface area contributed by atoms with Crippen molar-refractivity contribution in [3.05, 3.63) is 70.9 Å². The van der Waals surface area contributed by atoms with Crippen LogP contribution in [0.15, 0.2) is 48.5 Å². The molecule has 1 heterocycles. The second-order valence-electron chi connectivity index (χ2n) is 8.24. The van der Waals surface area contributed by atoms with E-state index in [1.165, 1.54) is 17.3 Å². The van der Waals surface area contributed by atoms with Crippen molar-refractivity contribution in [2.24, 2.45) is 5.73 Å². The lowest BCUT2D eigenvalue weighted by Gasteiger charge is -2.20. The molecule has 0 saturated heterocycles. The second-order valence-corrected chi connectivity index (χ2v) is 8.24. The molecule has 0 radical (unpaired) electrons. The summed E-state index contributed by atoms with van der Waals surface area (Å²) in [4.78, 5) is 3.22. The van der Waals surface area contributed by atoms with Gasteiger partial charge in [-0.3, -0.25) is 0 Å². The van der Waals surface area contributed by atoms with E-state index in [1.54, 1.807) is 6.92 Å². The van der Waals surface area contributed by atoms with Crippen molar-refractivity contribution in [2.75, 3.05) is 25.5 Å². The number of rotatable bonds is 7. The van der Waals surface area contributed by atoms with Crippen molar-refractivity contribution in [3.63, 3.8) is 0 Å². The van der Waals surface area contributed by atoms with E-state index in [0.717, 1.165) is 6.07 Å². The van der Waals surface area contributed by atoms with Crippen LogP contribution < -0.4 is 16.4 Å². The lowest BCUT2D eigenvalue weighted by Crippen LogP contribution is -2.33. The number of hydrogen-bond acceptors (Lipinski definition) is 5. The van der Waals surface area contributed by atoms with Gasteiger partial charge in [0, 0.05) is 37.3 Å². The number of fused-ring (bicyclic) bond motifs is 1. The maximum absolute atomic E-state index is 13.2. The van der Waals surface area contributed by atoms with E-state index in [4.69, 9.17) is 5.73 Å². The number of hydrogen-bond donors (Lipinski definition) is 4. The number of halogens is 6. The van der Waals surface area contributed by atoms with E-state index < -0.39 is 41.3 Å². The van der Waals surface area contributed by atoms with Gasteiger partial charge < -0.3 is 21.5 Å². The first kappa shape index (κ1) is 29.3. The summed E-state index contributed by atoms with van der Waals surface area (Å²) in [6.07, 6.45) is -9.98. The number of nitrogens with zero attached hydrogens (tertiary/aromatic N) is 1. The molecular weight excluding hydrogens is 486 g/mol. The summed E-state index contributed by atoms with van der Waals surface area (Å²) in [5, 5.41) is 15.3. The fourth-order valence-corrected chi connectivity index (χ4v) is 3.34. The predicted octanol–water partition coefficient (Wildman–Crippen LogP) is 5.67. The Morgan fingerprint density at radius 3 is 2.14 bits per heavy atom. The zero-order chi connectivity index (χ0) is 27.1. The standard InChI is InChI=1S/C17H19F6N3O.C8H11N/c1-2-9(27)7-25-8-13(24)11-6-14(17(21,22)23)26-15-10(11)4-3-5-12(15)16(18,19)20;1-7-3-5-8(9-2)6-4-7/h3-6,9,13,25,27H,2,7-8,24H2,1H3;3-6,9H,1-2H3. The highest BCUT2D eigenvalue weighted by atomic mass is 19.4. The minimum Gasteiger partial charge on any atom is -0.392 e. The Morgan fingerprint density at radius 2 is 1.61 bits per heavy atom. The predicted molar refractivity (Wildman–Crippen MR) is 129 cm³/mol. The summed E-state index contributed by atoms with van der Waals surface area (Å²) in [7, 11) is 1.92. The Morgan fingerprint density at radius 1 is 0.972 bits per heavy atom. The van der Waals surface area contributed by atoms with E-state index in [2.05, 4.69) is 46.8 Å². The number of aliphatic hydroxyl groups excluding tert-OH is 1. The summed E-state index contributed by atoms with van der Waals surface area (Å²) in [5.74, 6) is 0. The number of alkyl halides is 6. The van der Waals surface area contributed by atoms with Crippen LogP contribution in [-0.4, -0.2) is 36.3 Å². The van der Waals surface area contributed by atoms with Crippen molar-refractivity contribution in [1.82, 2.24) is 10.3 Å². The molecule has 36 heavy (non-hydrogen) atoms. The number of aromatic nitrogens is 1. The molecule has 0 aliphatic rings. The molecule has 198 valence electrons. The average Bonchev–Trinajstić information content (AvgIpc) is 2.82. The highest BCUT2D eigenvalue weighted by Crippen LogP contribution is 2.38. The molecule has 0 fully saturated rings. The molecule has 0 spiro atoms. The lowest BCUT2D eigenvalue weighted by molar-refractivity contribution is -0.142. The smallest absolute Gasteiger partial charge is 0.392 e. The highest BCUT2D eigenvalue weighted by Gasteiger charge is 2.37. The minimum atomic E-state index is -4.92. The summed E-state index contributed by atoms with van der Waals surface area (Å²) >= 11 is 0. The van der Waals surface area contributed by atoms with Gasteiger partial charge in [0.05, 0.1) is 17.2 Å². The van der Waals surface area contributed by atoms with Crippen LogP contribution in [-0.2, 0) is 12.4 Å². The molecule has 0 aliphatic carbocycles. The van der Waals surface area contributed by atoms with E-state index in [9.17, 15) is 31.4 Å². The molecule has 1 aromatic heterocycles. The van der Waals surface area contributed by atoms with E-state index in [-0.39, 0.29) is 24.0 Å². The second kappa shape index (κ2) is 12.4. The summed E-state index contributed by atoms with van der Waals surface area (Å²) in [6, 6.07) is 11.0. The molecule has 2 unspecified atom stereocenters. The largest absolute Gasteiger partial charge is 0.433 e. The molecule has 3 rings (SSSR count). The van der Waals surface area contributed by atoms with Crippen LogP contribution in [0.1, 0.15) is 41.8 Å². The van der Waals surface area contributed by atoms with E-state index in [0.29, 0.717) is 18.6 Å². The van der Waals surface area contributed by atoms with Gasteiger partial charge in [0.1, 0.15) is 5.69 Å². The summed E-state index contributed by atoms with van der Waals surface area (Å²) < 4.78 is 79.1. The Bertz CT molecular complexity index is 1120. The molecule has 2 atom stereocenters. The van der Waals surface area contributed by atoms with Gasteiger partial charge in [-0.15, -0.1) is 0 Å². The molecule has 0 aliphatic heterocycles. The first-order valence-electron chi connectivity index (χ1n) is 11.2. The molecule has 0 bridgehead atoms. The fourth-order valence-electron chi connectivity index (χ4n) is 3.34. The van der Waals surface area contributed by atoms with Crippen molar-refractivity contribution < 1.29 is 31.4 Å². The number of pyridine rings is 1. The monoisotopic (exact) mass is 516 g/mol. The number of aliphatic hydroxyl groups is 1. The zero-order valence-electron chi connectivity index (χ0n) is 20.1. The number of anilines is 1. The molecule has 5 N–H and O–H groups in total. The third-order valence-electron chi connectivity index (χ3n) is 5.42. The number of para-hydroxylation sites is 1. The van der Waals surface area contributed by atoms with Crippen LogP contribution in [0.25, 0.3) is 10.9 Å². The summed E-state index contributed by atoms with van der Waals surface area (Å²) in [5.41, 5.74) is 4.82. The third-order valence-corrected chi connectivity index (χ3v) is 5.42. The topological polar surface area (TPSA) is 83.2 Å². The van der Waals surface area contributed by atoms with Crippen LogP contribution >= 0.6 is 0 Å². The SMILES string of the molecule is CCC(O)CNCC(N)c1cc(C(F)(F)F)nc2c(C(F)(F)F)cccc12.CNc1ccc(C)cc1. The number of benzene rings is 2. The van der Waals surface area contributed by atoms with Crippen LogP contribution in [0, 0.1) is 6.92 Å². The maximum Gasteiger partial charge on any atom is 0.433 e. The molecule has 5 nitrogen and oxygen atoms in total. The Hall–Kier alpha value is -2.89. The minimum absolute atomic E-state index is 0.0241. The molecule has 0 saturated carbocycles. The van der Waals surface area contributed by atoms with Crippen LogP contribution in [0.4, 0.5) is 32.0 Å². The van der Waals surface area contributed by atoms with Crippen molar-refractivity contribution in [3.8, 4) is 0 Å². The third kappa shape index (κ3) is 8.07. The number of nitrogens with two attached hydrogens (primary N) is 1. The number of nitrogens with one attached hydrogen (secondary N) is 2. The van der Waals surface area contributed by atoms with Gasteiger partial charge in [-0.1, -0.05) is 36.8 Å². The van der Waals surface area contributed by atoms with Gasteiger partial charge in [0.2, 0.25) is 0 Å². The van der Waals surface area contributed by atoms with E-state index in [1.807, 2.05) is 7.05 Å². The van der Waals surface area contributed by atoms with Gasteiger partial charge in [-0.05, 0) is 43.2 Å². The zero-order valence-corrected chi connectivity index (χ0v) is 20.1. The molecule has 3 aromatic rings. The maximum atomic E-state index is 13.2. The van der Waals surface area contributed by atoms with Crippen LogP contribution in [0.3, 0.4) is 0 Å². The van der Waals surface area contributed by atoms with Crippen molar-refractivity contribution in [1.29, 1.82) is 0 Å². The molecule has 0 amide bonds. The van der Waals surface area contributed by atoms with Crippen molar-refractivity contribution >= 4 is 16.6 Å². The molecule has 11 heteroatoms. The molecule has 2 aromatic carbocycles. The highest BCUT2D eigenvalue weighted by molar-refractivity contribution is 5.86. The first-order chi connectivity index (χ1) is 16.8.